The number of hydrogen-bond donors (Lipinski definition) is 0. The van der Waals surface area contributed by atoms with Gasteiger partial charge in [0.2, 0.25) is 0 Å². The lowest BCUT2D eigenvalue weighted by Crippen LogP contribution is -2.31. The first-order valence-electron chi connectivity index (χ1n) is 21.3. The molecule has 0 aromatic carbocycles. The average molecular weight is 665 g/mol. The van der Waals surface area contributed by atoms with Crippen LogP contribution in [0.2, 0.25) is 0 Å². The molecule has 0 aromatic heterocycles. The van der Waals surface area contributed by atoms with Crippen LogP contribution in [0.3, 0.4) is 0 Å². The summed E-state index contributed by atoms with van der Waals surface area (Å²) in [4.78, 5) is 24.8. The fourth-order valence-electron chi connectivity index (χ4n) is 6.72. The predicted octanol–water partition coefficient (Wildman–Crippen LogP) is 14.4. The number of unbranched alkanes of at least 4 members (excludes halogenated alkanes) is 28. The molecule has 4 nitrogen and oxygen atoms in total. The largest absolute Gasteiger partial charge is 0.465 e. The Balaban J connectivity index is 3.71. The summed E-state index contributed by atoms with van der Waals surface area (Å²) in [7, 11) is 0. The van der Waals surface area contributed by atoms with E-state index in [-0.39, 0.29) is 17.4 Å². The summed E-state index contributed by atoms with van der Waals surface area (Å²) in [5.41, 5.74) is -0.301. The van der Waals surface area contributed by atoms with Crippen molar-refractivity contribution < 1.29 is 19.1 Å². The van der Waals surface area contributed by atoms with E-state index in [0.29, 0.717) is 26.1 Å². The topological polar surface area (TPSA) is 52.6 Å². The van der Waals surface area contributed by atoms with Gasteiger partial charge in [-0.05, 0) is 19.3 Å². The summed E-state index contributed by atoms with van der Waals surface area (Å²) in [6.45, 7) is 9.45. The predicted molar refractivity (Wildman–Crippen MR) is 204 cm³/mol. The molecule has 0 atom stereocenters. The third kappa shape index (κ3) is 34.6. The summed E-state index contributed by atoms with van der Waals surface area (Å²) < 4.78 is 11.3. The minimum absolute atomic E-state index is 0.105. The van der Waals surface area contributed by atoms with Crippen LogP contribution in [0, 0.1) is 5.41 Å². The molecule has 47 heavy (non-hydrogen) atoms. The molecular formula is C43H84O4. The van der Waals surface area contributed by atoms with Crippen molar-refractivity contribution in [2.75, 3.05) is 13.2 Å². The van der Waals surface area contributed by atoms with Crippen LogP contribution >= 0.6 is 0 Å². The van der Waals surface area contributed by atoms with Crippen molar-refractivity contribution in [2.24, 2.45) is 5.41 Å². The third-order valence-corrected chi connectivity index (χ3v) is 9.99. The number of ether oxygens (including phenoxy) is 2. The summed E-state index contributed by atoms with van der Waals surface area (Å²) in [6.07, 6.45) is 42.5. The minimum Gasteiger partial charge on any atom is -0.465 e. The zero-order chi connectivity index (χ0) is 34.5. The van der Waals surface area contributed by atoms with Crippen LogP contribution in [-0.2, 0) is 19.1 Å². The first kappa shape index (κ1) is 45.9. The smallest absolute Gasteiger partial charge is 0.305 e. The Morgan fingerprint density at radius 1 is 0.362 bits per heavy atom. The molecule has 0 aliphatic heterocycles. The molecule has 0 rings (SSSR count). The molecule has 0 spiro atoms. The zero-order valence-electron chi connectivity index (χ0n) is 32.6. The van der Waals surface area contributed by atoms with Gasteiger partial charge in [-0.1, -0.05) is 214 Å². The zero-order valence-corrected chi connectivity index (χ0v) is 32.6. The Morgan fingerprint density at radius 2 is 0.596 bits per heavy atom. The number of carbonyl (C=O) groups excluding carboxylic acids is 2. The second-order valence-corrected chi connectivity index (χ2v) is 15.3. The lowest BCUT2D eigenvalue weighted by molar-refractivity contribution is -0.154. The van der Waals surface area contributed by atoms with Crippen molar-refractivity contribution in [3.63, 3.8) is 0 Å². The highest BCUT2D eigenvalue weighted by Crippen LogP contribution is 2.25. The lowest BCUT2D eigenvalue weighted by Gasteiger charge is -2.28. The van der Waals surface area contributed by atoms with Crippen molar-refractivity contribution in [1.82, 2.24) is 0 Å². The molecule has 0 amide bonds. The monoisotopic (exact) mass is 665 g/mol. The molecule has 0 saturated carbocycles. The van der Waals surface area contributed by atoms with Gasteiger partial charge < -0.3 is 9.47 Å². The second kappa shape index (κ2) is 36.2. The molecule has 0 N–H and O–H groups in total. The third-order valence-electron chi connectivity index (χ3n) is 9.99. The highest BCUT2D eigenvalue weighted by atomic mass is 16.5. The Hall–Kier alpha value is -1.06. The normalized spacial score (nSPS) is 11.7. The van der Waals surface area contributed by atoms with Crippen molar-refractivity contribution in [1.29, 1.82) is 0 Å². The number of esters is 2. The quantitative estimate of drug-likeness (QED) is 0.0487. The molecular weight excluding hydrogens is 580 g/mol. The van der Waals surface area contributed by atoms with E-state index < -0.39 is 0 Å². The van der Waals surface area contributed by atoms with Crippen molar-refractivity contribution >= 4 is 11.9 Å². The van der Waals surface area contributed by atoms with Gasteiger partial charge in [-0.25, -0.2) is 0 Å². The molecule has 0 fully saturated rings. The maximum absolute atomic E-state index is 12.4. The van der Waals surface area contributed by atoms with Gasteiger partial charge in [-0.15, -0.1) is 0 Å². The molecule has 0 aliphatic rings. The summed E-state index contributed by atoms with van der Waals surface area (Å²) >= 11 is 0. The molecule has 0 unspecified atom stereocenters. The number of carbonyl (C=O) groups is 2. The van der Waals surface area contributed by atoms with Crippen molar-refractivity contribution in [3.05, 3.63) is 0 Å². The van der Waals surface area contributed by atoms with E-state index in [1.54, 1.807) is 0 Å². The molecule has 0 radical (unpaired) electrons. The van der Waals surface area contributed by atoms with Crippen molar-refractivity contribution in [2.45, 2.75) is 246 Å². The van der Waals surface area contributed by atoms with Gasteiger partial charge in [0, 0.05) is 18.3 Å². The summed E-state index contributed by atoms with van der Waals surface area (Å²) in [6, 6.07) is 0. The van der Waals surface area contributed by atoms with E-state index in [4.69, 9.17) is 9.47 Å². The molecule has 0 saturated heterocycles. The Bertz CT molecular complexity index is 610. The van der Waals surface area contributed by atoms with Gasteiger partial charge in [0.15, 0.2) is 0 Å². The van der Waals surface area contributed by atoms with Gasteiger partial charge in [0.05, 0.1) is 13.2 Å². The van der Waals surface area contributed by atoms with Gasteiger partial charge in [0.1, 0.15) is 0 Å². The van der Waals surface area contributed by atoms with Crippen LogP contribution in [0.1, 0.15) is 246 Å². The fourth-order valence-corrected chi connectivity index (χ4v) is 6.72. The highest BCUT2D eigenvalue weighted by molar-refractivity contribution is 5.69. The first-order chi connectivity index (χ1) is 23.0. The van der Waals surface area contributed by atoms with Crippen LogP contribution in [0.5, 0.6) is 0 Å². The Morgan fingerprint density at radius 3 is 0.830 bits per heavy atom. The van der Waals surface area contributed by atoms with Gasteiger partial charge in [0.25, 0.3) is 0 Å². The maximum Gasteiger partial charge on any atom is 0.305 e. The van der Waals surface area contributed by atoms with E-state index in [1.807, 2.05) is 0 Å². The van der Waals surface area contributed by atoms with Crippen molar-refractivity contribution in [3.8, 4) is 0 Å². The van der Waals surface area contributed by atoms with E-state index >= 15 is 0 Å². The van der Waals surface area contributed by atoms with Gasteiger partial charge >= 0.3 is 11.9 Å². The molecule has 4 heteroatoms. The van der Waals surface area contributed by atoms with Crippen LogP contribution < -0.4 is 0 Å². The number of hydrogen-bond acceptors (Lipinski definition) is 4. The molecule has 0 aromatic rings. The average Bonchev–Trinajstić information content (AvgIpc) is 3.06. The van der Waals surface area contributed by atoms with Gasteiger partial charge in [-0.3, -0.25) is 9.59 Å². The van der Waals surface area contributed by atoms with Gasteiger partial charge in [-0.2, -0.15) is 0 Å². The van der Waals surface area contributed by atoms with E-state index in [9.17, 15) is 9.59 Å². The lowest BCUT2D eigenvalue weighted by atomic mass is 9.87. The first-order valence-corrected chi connectivity index (χ1v) is 21.3. The minimum atomic E-state index is -0.301. The van der Waals surface area contributed by atoms with Crippen LogP contribution in [0.25, 0.3) is 0 Å². The van der Waals surface area contributed by atoms with Crippen LogP contribution in [0.4, 0.5) is 0 Å². The van der Waals surface area contributed by atoms with Crippen LogP contribution in [-0.4, -0.2) is 25.2 Å². The number of rotatable bonds is 38. The SMILES string of the molecule is CCCCCCCCCCCCCCCCCC(=O)OCC(C)(CCC)COC(=O)CCCCCCCCCCCCCCCCC. The Kier molecular flexibility index (Phi) is 35.4. The standard InChI is InChI=1S/C43H84O4/c1-5-8-10-12-14-16-18-20-22-24-26-28-30-32-34-36-41(44)46-39-43(4,38-7-3)40-47-42(45)37-35-33-31-29-27-25-23-21-19-17-15-13-11-9-6-2/h5-40H2,1-4H3. The summed E-state index contributed by atoms with van der Waals surface area (Å²) in [5.74, 6) is -0.211. The van der Waals surface area contributed by atoms with E-state index in [1.165, 1.54) is 167 Å². The van der Waals surface area contributed by atoms with E-state index in [0.717, 1.165) is 38.5 Å². The molecule has 0 bridgehead atoms. The molecule has 280 valence electrons. The molecule has 0 heterocycles. The Labute approximate surface area is 295 Å². The van der Waals surface area contributed by atoms with Crippen LogP contribution in [0.15, 0.2) is 0 Å². The second-order valence-electron chi connectivity index (χ2n) is 15.3. The maximum atomic E-state index is 12.4. The van der Waals surface area contributed by atoms with E-state index in [2.05, 4.69) is 27.7 Å². The fraction of sp³-hybridized carbons (Fsp3) is 0.953. The summed E-state index contributed by atoms with van der Waals surface area (Å²) in [5, 5.41) is 0. The highest BCUT2D eigenvalue weighted by Gasteiger charge is 2.27. The molecule has 0 aliphatic carbocycles.